The van der Waals surface area contributed by atoms with E-state index in [1.54, 1.807) is 0 Å². The molecule has 1 atom stereocenters. The van der Waals surface area contributed by atoms with Crippen molar-refractivity contribution >= 4 is 17.7 Å². The van der Waals surface area contributed by atoms with E-state index in [1.807, 2.05) is 30.3 Å². The highest BCUT2D eigenvalue weighted by atomic mass is 16.2. The summed E-state index contributed by atoms with van der Waals surface area (Å²) in [7, 11) is 0. The summed E-state index contributed by atoms with van der Waals surface area (Å²) in [5.41, 5.74) is 10.9. The molecule has 3 amide bonds. The van der Waals surface area contributed by atoms with Crippen LogP contribution in [-0.2, 0) is 20.8 Å². The van der Waals surface area contributed by atoms with Crippen molar-refractivity contribution in [1.82, 2.24) is 10.6 Å². The van der Waals surface area contributed by atoms with Gasteiger partial charge in [-0.1, -0.05) is 43.2 Å². The molecule has 142 valence electrons. The molecule has 1 aromatic rings. The number of hydrogen-bond donors (Lipinski definition) is 4. The first kappa shape index (κ1) is 19.9. The Bertz CT molecular complexity index is 627. The average Bonchev–Trinajstić information content (AvgIpc) is 3.09. The van der Waals surface area contributed by atoms with Crippen LogP contribution in [0.5, 0.6) is 0 Å². The zero-order valence-electron chi connectivity index (χ0n) is 15.0. The van der Waals surface area contributed by atoms with Gasteiger partial charge in [0.1, 0.15) is 11.6 Å². The van der Waals surface area contributed by atoms with Gasteiger partial charge in [-0.25, -0.2) is 0 Å². The zero-order valence-corrected chi connectivity index (χ0v) is 15.0. The number of hydrogen-bond acceptors (Lipinski definition) is 4. The second kappa shape index (κ2) is 9.33. The van der Waals surface area contributed by atoms with Gasteiger partial charge in [0.25, 0.3) is 0 Å². The van der Waals surface area contributed by atoms with Crippen LogP contribution in [0.3, 0.4) is 0 Å². The minimum atomic E-state index is -0.998. The molecule has 0 saturated heterocycles. The van der Waals surface area contributed by atoms with Gasteiger partial charge in [0, 0.05) is 0 Å². The lowest BCUT2D eigenvalue weighted by Crippen LogP contribution is -2.60. The quantitative estimate of drug-likeness (QED) is 0.507. The molecule has 0 aliphatic heterocycles. The van der Waals surface area contributed by atoms with Crippen molar-refractivity contribution < 1.29 is 14.4 Å². The number of amides is 3. The van der Waals surface area contributed by atoms with Gasteiger partial charge in [0.05, 0.1) is 6.42 Å². The monoisotopic (exact) mass is 360 g/mol. The summed E-state index contributed by atoms with van der Waals surface area (Å²) in [5, 5.41) is 5.57. The van der Waals surface area contributed by atoms with E-state index in [0.717, 1.165) is 18.4 Å². The van der Waals surface area contributed by atoms with E-state index in [1.165, 1.54) is 0 Å². The Morgan fingerprint density at radius 2 is 1.77 bits per heavy atom. The van der Waals surface area contributed by atoms with Gasteiger partial charge in [-0.3, -0.25) is 14.4 Å². The van der Waals surface area contributed by atoms with Crippen molar-refractivity contribution in [2.75, 3.05) is 6.54 Å². The lowest BCUT2D eigenvalue weighted by molar-refractivity contribution is -0.134. The Morgan fingerprint density at radius 3 is 2.35 bits per heavy atom. The molecule has 1 aliphatic carbocycles. The van der Waals surface area contributed by atoms with Gasteiger partial charge in [0.2, 0.25) is 17.7 Å². The normalized spacial score (nSPS) is 16.7. The summed E-state index contributed by atoms with van der Waals surface area (Å²) < 4.78 is 0. The van der Waals surface area contributed by atoms with Crippen LogP contribution in [0, 0.1) is 0 Å². The SMILES string of the molecule is NCCC[C@@H](NC(=O)Cc1ccccc1)C(=O)NC1(C(N)=O)CCCC1. The van der Waals surface area contributed by atoms with Crippen molar-refractivity contribution in [3.05, 3.63) is 35.9 Å². The molecule has 0 unspecified atom stereocenters. The highest BCUT2D eigenvalue weighted by molar-refractivity contribution is 5.94. The molecule has 2 rings (SSSR count). The number of rotatable bonds is 9. The first-order valence-corrected chi connectivity index (χ1v) is 9.12. The predicted molar refractivity (Wildman–Crippen MR) is 98.9 cm³/mol. The van der Waals surface area contributed by atoms with Crippen molar-refractivity contribution in [3.63, 3.8) is 0 Å². The topological polar surface area (TPSA) is 127 Å². The molecule has 1 aromatic carbocycles. The third-order valence-corrected chi connectivity index (χ3v) is 4.85. The molecule has 0 heterocycles. The van der Waals surface area contributed by atoms with Crippen LogP contribution < -0.4 is 22.1 Å². The maximum absolute atomic E-state index is 12.7. The van der Waals surface area contributed by atoms with Gasteiger partial charge in [-0.15, -0.1) is 0 Å². The molecule has 0 bridgehead atoms. The molecule has 26 heavy (non-hydrogen) atoms. The maximum atomic E-state index is 12.7. The van der Waals surface area contributed by atoms with E-state index in [2.05, 4.69) is 10.6 Å². The van der Waals surface area contributed by atoms with Crippen LogP contribution in [-0.4, -0.2) is 35.8 Å². The Labute approximate surface area is 153 Å². The van der Waals surface area contributed by atoms with Gasteiger partial charge in [-0.05, 0) is 37.8 Å². The largest absolute Gasteiger partial charge is 0.368 e. The Kier molecular flexibility index (Phi) is 7.15. The number of primary amides is 1. The van der Waals surface area contributed by atoms with Gasteiger partial charge in [0.15, 0.2) is 0 Å². The number of carbonyl (C=O) groups excluding carboxylic acids is 3. The van der Waals surface area contributed by atoms with Gasteiger partial charge >= 0.3 is 0 Å². The van der Waals surface area contributed by atoms with Crippen LogP contribution in [0.4, 0.5) is 0 Å². The van der Waals surface area contributed by atoms with Crippen molar-refractivity contribution in [2.24, 2.45) is 11.5 Å². The third kappa shape index (κ3) is 5.29. The number of carbonyl (C=O) groups is 3. The lowest BCUT2D eigenvalue weighted by atomic mass is 9.95. The van der Waals surface area contributed by atoms with Gasteiger partial charge < -0.3 is 22.1 Å². The molecule has 1 saturated carbocycles. The number of nitrogens with two attached hydrogens (primary N) is 2. The average molecular weight is 360 g/mol. The number of nitrogens with one attached hydrogen (secondary N) is 2. The Morgan fingerprint density at radius 1 is 1.12 bits per heavy atom. The molecule has 7 heteroatoms. The molecule has 0 spiro atoms. The minimum absolute atomic E-state index is 0.189. The van der Waals surface area contributed by atoms with E-state index in [4.69, 9.17) is 11.5 Å². The van der Waals surface area contributed by atoms with Crippen LogP contribution >= 0.6 is 0 Å². The highest BCUT2D eigenvalue weighted by Crippen LogP contribution is 2.29. The lowest BCUT2D eigenvalue weighted by Gasteiger charge is -2.29. The second-order valence-electron chi connectivity index (χ2n) is 6.86. The van der Waals surface area contributed by atoms with Crippen LogP contribution in [0.25, 0.3) is 0 Å². The molecule has 6 N–H and O–H groups in total. The minimum Gasteiger partial charge on any atom is -0.368 e. The summed E-state index contributed by atoms with van der Waals surface area (Å²) in [6, 6.07) is 8.58. The Hall–Kier alpha value is -2.41. The van der Waals surface area contributed by atoms with E-state index in [-0.39, 0.29) is 18.2 Å². The van der Waals surface area contributed by atoms with Crippen molar-refractivity contribution in [2.45, 2.75) is 56.5 Å². The molecular formula is C19H28N4O3. The van der Waals surface area contributed by atoms with Crippen LogP contribution in [0.2, 0.25) is 0 Å². The maximum Gasteiger partial charge on any atom is 0.243 e. The summed E-state index contributed by atoms with van der Waals surface area (Å²) in [4.78, 5) is 36.9. The highest BCUT2D eigenvalue weighted by Gasteiger charge is 2.42. The molecular weight excluding hydrogens is 332 g/mol. The van der Waals surface area contributed by atoms with E-state index in [9.17, 15) is 14.4 Å². The fourth-order valence-corrected chi connectivity index (χ4v) is 3.35. The molecule has 0 aromatic heterocycles. The molecule has 1 aliphatic rings. The summed E-state index contributed by atoms with van der Waals surface area (Å²) >= 11 is 0. The van der Waals surface area contributed by atoms with Crippen LogP contribution in [0.1, 0.15) is 44.1 Å². The smallest absolute Gasteiger partial charge is 0.243 e. The standard InChI is InChI=1S/C19H28N4O3/c20-12-6-9-15(22-16(24)13-14-7-2-1-3-8-14)17(25)23-19(18(21)26)10-4-5-11-19/h1-3,7-8,15H,4-6,9-13,20H2,(H2,21,26)(H,22,24)(H,23,25)/t15-/m1/s1. The third-order valence-electron chi connectivity index (χ3n) is 4.85. The number of benzene rings is 1. The fraction of sp³-hybridized carbons (Fsp3) is 0.526. The second-order valence-corrected chi connectivity index (χ2v) is 6.86. The summed E-state index contributed by atoms with van der Waals surface area (Å²) in [5.74, 6) is -1.13. The summed E-state index contributed by atoms with van der Waals surface area (Å²) in [6.07, 6.45) is 3.96. The van der Waals surface area contributed by atoms with Gasteiger partial charge in [-0.2, -0.15) is 0 Å². The van der Waals surface area contributed by atoms with E-state index in [0.29, 0.717) is 32.2 Å². The van der Waals surface area contributed by atoms with Crippen LogP contribution in [0.15, 0.2) is 30.3 Å². The van der Waals surface area contributed by atoms with Crippen molar-refractivity contribution in [3.8, 4) is 0 Å². The van der Waals surface area contributed by atoms with Crippen molar-refractivity contribution in [1.29, 1.82) is 0 Å². The van der Waals surface area contributed by atoms with E-state index < -0.39 is 17.5 Å². The summed E-state index contributed by atoms with van der Waals surface area (Å²) in [6.45, 7) is 0.416. The molecule has 0 radical (unpaired) electrons. The predicted octanol–water partition coefficient (Wildman–Crippen LogP) is 0.367. The molecule has 1 fully saturated rings. The first-order valence-electron chi connectivity index (χ1n) is 9.12. The Balaban J connectivity index is 2.02. The zero-order chi connectivity index (χ0) is 19.0. The fourth-order valence-electron chi connectivity index (χ4n) is 3.35. The first-order chi connectivity index (χ1) is 12.5. The molecule has 7 nitrogen and oxygen atoms in total. The van der Waals surface area contributed by atoms with E-state index >= 15 is 0 Å².